The zero-order valence-electron chi connectivity index (χ0n) is 30.7. The van der Waals surface area contributed by atoms with Gasteiger partial charge in [0.05, 0.1) is 11.0 Å². The molecule has 2 heteroatoms. The molecule has 11 aromatic rings. The lowest BCUT2D eigenvalue weighted by molar-refractivity contribution is 1.27. The average Bonchev–Trinajstić information content (AvgIpc) is 3.59. The lowest BCUT2D eigenvalue weighted by Gasteiger charge is -2.26. The molecule has 2 aromatic heterocycles. The first-order valence-electron chi connectivity index (χ1n) is 19.3. The molecule has 2 nitrogen and oxygen atoms in total. The number of aromatic nitrogens is 1. The van der Waals surface area contributed by atoms with Gasteiger partial charge in [-0.15, -0.1) is 0 Å². The van der Waals surface area contributed by atoms with Crippen LogP contribution in [0.3, 0.4) is 0 Å². The van der Waals surface area contributed by atoms with E-state index >= 15 is 0 Å². The third-order valence-corrected chi connectivity index (χ3v) is 11.4. The molecule has 0 spiro atoms. The highest BCUT2D eigenvalue weighted by molar-refractivity contribution is 6.08. The van der Waals surface area contributed by atoms with Crippen molar-refractivity contribution in [3.63, 3.8) is 0 Å². The number of benzene rings is 9. The van der Waals surface area contributed by atoms with Crippen LogP contribution < -0.4 is 4.90 Å². The Balaban J connectivity index is 1.07. The molecule has 0 fully saturated rings. The Kier molecular flexibility index (Phi) is 7.53. The van der Waals surface area contributed by atoms with E-state index in [4.69, 9.17) is 0 Å². The number of rotatable bonds is 6. The Morgan fingerprint density at radius 3 is 1.45 bits per heavy atom. The molecule has 0 aliphatic heterocycles. The van der Waals surface area contributed by atoms with Crippen LogP contribution in [0.2, 0.25) is 0 Å². The minimum Gasteiger partial charge on any atom is -0.315 e. The molecule has 11 rings (SSSR count). The Hall–Kier alpha value is -7.42. The summed E-state index contributed by atoms with van der Waals surface area (Å²) in [6.45, 7) is 0. The molecule has 0 unspecified atom stereocenters. The molecule has 0 N–H and O–H groups in total. The van der Waals surface area contributed by atoms with Crippen molar-refractivity contribution in [2.75, 3.05) is 4.90 Å². The number of hydrogen-bond acceptors (Lipinski definition) is 1. The molecule has 0 saturated carbocycles. The van der Waals surface area contributed by atoms with Gasteiger partial charge in [-0.05, 0) is 109 Å². The zero-order chi connectivity index (χ0) is 37.0. The fourth-order valence-electron chi connectivity index (χ4n) is 8.68. The smallest absolute Gasteiger partial charge is 0.0547 e. The van der Waals surface area contributed by atoms with Crippen molar-refractivity contribution in [2.24, 2.45) is 0 Å². The Bertz CT molecular complexity index is 3100. The van der Waals surface area contributed by atoms with Crippen LogP contribution in [-0.2, 0) is 0 Å². The van der Waals surface area contributed by atoms with Crippen molar-refractivity contribution in [1.82, 2.24) is 4.40 Å². The van der Waals surface area contributed by atoms with Crippen LogP contribution in [0.1, 0.15) is 0 Å². The van der Waals surface area contributed by atoms with Gasteiger partial charge in [-0.1, -0.05) is 164 Å². The van der Waals surface area contributed by atoms with Gasteiger partial charge in [-0.2, -0.15) is 0 Å². The van der Waals surface area contributed by atoms with Gasteiger partial charge in [-0.3, -0.25) is 0 Å². The predicted octanol–water partition coefficient (Wildman–Crippen LogP) is 15.0. The quantitative estimate of drug-likeness (QED) is 0.167. The Labute approximate surface area is 325 Å². The third kappa shape index (κ3) is 5.34. The molecule has 56 heavy (non-hydrogen) atoms. The van der Waals surface area contributed by atoms with E-state index in [0.29, 0.717) is 0 Å². The fourth-order valence-corrected chi connectivity index (χ4v) is 8.68. The second-order valence-corrected chi connectivity index (χ2v) is 14.6. The zero-order valence-corrected chi connectivity index (χ0v) is 30.7. The summed E-state index contributed by atoms with van der Waals surface area (Å²) < 4.78 is 2.36. The van der Waals surface area contributed by atoms with Crippen LogP contribution >= 0.6 is 0 Å². The normalized spacial score (nSPS) is 11.6. The van der Waals surface area contributed by atoms with Crippen molar-refractivity contribution in [3.8, 4) is 33.4 Å². The van der Waals surface area contributed by atoms with E-state index in [1.54, 1.807) is 0 Å². The summed E-state index contributed by atoms with van der Waals surface area (Å²) in [7, 11) is 0. The maximum absolute atomic E-state index is 2.39. The third-order valence-electron chi connectivity index (χ3n) is 11.4. The van der Waals surface area contributed by atoms with Crippen LogP contribution in [0.5, 0.6) is 0 Å². The van der Waals surface area contributed by atoms with Gasteiger partial charge in [0, 0.05) is 34.2 Å². The van der Waals surface area contributed by atoms with Crippen LogP contribution in [0.4, 0.5) is 17.1 Å². The Morgan fingerprint density at radius 1 is 0.304 bits per heavy atom. The Morgan fingerprint density at radius 2 is 0.821 bits per heavy atom. The van der Waals surface area contributed by atoms with Gasteiger partial charge in [0.2, 0.25) is 0 Å². The van der Waals surface area contributed by atoms with E-state index in [-0.39, 0.29) is 0 Å². The second kappa shape index (κ2) is 13.2. The monoisotopic (exact) mass is 712 g/mol. The predicted molar refractivity (Wildman–Crippen MR) is 238 cm³/mol. The lowest BCUT2D eigenvalue weighted by atomic mass is 9.97. The standard InChI is InChI=1S/C54H36N2/c1-2-14-41(15-3-1)54-51-20-8-9-23-52(51)55-36-42-28-33-46(34-43(42)35-53(54)55)56(44-29-24-39(25-30-44)49-21-10-16-37-12-4-6-18-47(37)49)45-31-26-40(27-32-45)50-22-11-17-38-13-5-7-19-48(38)50/h1-36H. The summed E-state index contributed by atoms with van der Waals surface area (Å²) in [4.78, 5) is 2.39. The number of hydrogen-bond donors (Lipinski definition) is 0. The topological polar surface area (TPSA) is 7.65 Å². The van der Waals surface area contributed by atoms with Crippen molar-refractivity contribution < 1.29 is 0 Å². The molecular formula is C54H36N2. The summed E-state index contributed by atoms with van der Waals surface area (Å²) in [5, 5.41) is 8.67. The summed E-state index contributed by atoms with van der Waals surface area (Å²) in [6, 6.07) is 77.2. The van der Waals surface area contributed by atoms with Gasteiger partial charge in [0.15, 0.2) is 0 Å². The molecule has 2 heterocycles. The van der Waals surface area contributed by atoms with E-state index < -0.39 is 0 Å². The molecule has 0 aliphatic rings. The molecule has 0 saturated heterocycles. The molecule has 0 aliphatic carbocycles. The minimum atomic E-state index is 1.10. The van der Waals surface area contributed by atoms with E-state index in [9.17, 15) is 0 Å². The van der Waals surface area contributed by atoms with E-state index in [1.165, 1.54) is 82.1 Å². The van der Waals surface area contributed by atoms with Gasteiger partial charge < -0.3 is 9.30 Å². The molecule has 262 valence electrons. The molecule has 9 aromatic carbocycles. The number of pyridine rings is 1. The highest BCUT2D eigenvalue weighted by Crippen LogP contribution is 2.41. The number of anilines is 3. The average molecular weight is 713 g/mol. The molecule has 0 atom stereocenters. The SMILES string of the molecule is c1ccc(-c2c3ccccc3n3cc4ccc(N(c5ccc(-c6cccc7ccccc67)cc5)c5ccc(-c6cccc7ccccc67)cc5)cc4cc23)cc1. The summed E-state index contributed by atoms with van der Waals surface area (Å²) >= 11 is 0. The largest absolute Gasteiger partial charge is 0.315 e. The van der Waals surface area contributed by atoms with Crippen LogP contribution in [-0.4, -0.2) is 4.40 Å². The number of para-hydroxylation sites is 1. The highest BCUT2D eigenvalue weighted by Gasteiger charge is 2.18. The van der Waals surface area contributed by atoms with Gasteiger partial charge in [0.1, 0.15) is 0 Å². The minimum absolute atomic E-state index is 1.10. The summed E-state index contributed by atoms with van der Waals surface area (Å²) in [5.41, 5.74) is 13.1. The van der Waals surface area contributed by atoms with E-state index in [2.05, 4.69) is 228 Å². The van der Waals surface area contributed by atoms with Crippen molar-refractivity contribution >= 4 is 65.8 Å². The van der Waals surface area contributed by atoms with E-state index in [0.717, 1.165) is 17.1 Å². The maximum atomic E-state index is 2.39. The maximum Gasteiger partial charge on any atom is 0.0547 e. The van der Waals surface area contributed by atoms with Crippen molar-refractivity contribution in [1.29, 1.82) is 0 Å². The van der Waals surface area contributed by atoms with Crippen molar-refractivity contribution in [3.05, 3.63) is 219 Å². The van der Waals surface area contributed by atoms with Gasteiger partial charge in [0.25, 0.3) is 0 Å². The first kappa shape index (κ1) is 32.0. The van der Waals surface area contributed by atoms with Crippen LogP contribution in [0.25, 0.3) is 82.1 Å². The number of fused-ring (bicyclic) bond motifs is 6. The fraction of sp³-hybridized carbons (Fsp3) is 0. The molecular weight excluding hydrogens is 677 g/mol. The summed E-state index contributed by atoms with van der Waals surface area (Å²) in [5.74, 6) is 0. The first-order valence-corrected chi connectivity index (χ1v) is 19.3. The second-order valence-electron chi connectivity index (χ2n) is 14.6. The van der Waals surface area contributed by atoms with Gasteiger partial charge in [-0.25, -0.2) is 0 Å². The van der Waals surface area contributed by atoms with Gasteiger partial charge >= 0.3 is 0 Å². The number of nitrogens with zero attached hydrogens (tertiary/aromatic N) is 2. The summed E-state index contributed by atoms with van der Waals surface area (Å²) in [6.07, 6.45) is 2.30. The van der Waals surface area contributed by atoms with E-state index in [1.807, 2.05) is 0 Å². The first-order chi connectivity index (χ1) is 27.8. The lowest BCUT2D eigenvalue weighted by Crippen LogP contribution is -2.10. The van der Waals surface area contributed by atoms with Crippen molar-refractivity contribution in [2.45, 2.75) is 0 Å². The molecule has 0 radical (unpaired) electrons. The highest BCUT2D eigenvalue weighted by atomic mass is 15.1. The van der Waals surface area contributed by atoms with Crippen LogP contribution in [0.15, 0.2) is 219 Å². The van der Waals surface area contributed by atoms with Crippen LogP contribution in [0, 0.1) is 0 Å². The molecule has 0 amide bonds. The molecule has 0 bridgehead atoms.